The highest BCUT2D eigenvalue weighted by molar-refractivity contribution is 5.90. The average molecular weight is 333 g/mol. The molecule has 1 N–H and O–H groups in total. The molecule has 0 spiro atoms. The van der Waals surface area contributed by atoms with Gasteiger partial charge in [0.2, 0.25) is 5.91 Å². The first-order valence-electron chi connectivity index (χ1n) is 8.16. The molecule has 0 aliphatic carbocycles. The van der Waals surface area contributed by atoms with Crippen LogP contribution in [0, 0.1) is 0 Å². The number of rotatable bonds is 7. The van der Waals surface area contributed by atoms with Gasteiger partial charge < -0.3 is 10.1 Å². The van der Waals surface area contributed by atoms with Crippen LogP contribution in [0.15, 0.2) is 73.1 Å². The molecule has 0 bridgehead atoms. The van der Waals surface area contributed by atoms with Crippen LogP contribution < -0.4 is 10.1 Å². The molecule has 1 amide bonds. The molecule has 0 fully saturated rings. The average Bonchev–Trinajstić information content (AvgIpc) is 2.67. The number of carbonyl (C=O) groups is 1. The van der Waals surface area contributed by atoms with Crippen molar-refractivity contribution in [2.45, 2.75) is 12.8 Å². The number of para-hydroxylation sites is 1. The minimum Gasteiger partial charge on any atom is -0.494 e. The number of carbonyl (C=O) groups excluding carboxylic acids is 1. The van der Waals surface area contributed by atoms with Gasteiger partial charge in [-0.3, -0.25) is 4.79 Å². The highest BCUT2D eigenvalue weighted by Crippen LogP contribution is 2.15. The highest BCUT2D eigenvalue weighted by atomic mass is 16.5. The van der Waals surface area contributed by atoms with Crippen molar-refractivity contribution in [2.75, 3.05) is 11.9 Å². The van der Waals surface area contributed by atoms with E-state index in [-0.39, 0.29) is 5.91 Å². The molecule has 0 radical (unpaired) electrons. The fourth-order valence-corrected chi connectivity index (χ4v) is 2.29. The summed E-state index contributed by atoms with van der Waals surface area (Å²) in [7, 11) is 0. The van der Waals surface area contributed by atoms with Crippen LogP contribution in [0.2, 0.25) is 0 Å². The number of nitrogens with one attached hydrogen (secondary N) is 1. The lowest BCUT2D eigenvalue weighted by Crippen LogP contribution is -2.13. The number of hydrogen-bond donors (Lipinski definition) is 1. The minimum absolute atomic E-state index is 0.0762. The Hall–Kier alpha value is -3.21. The maximum atomic E-state index is 12.0. The molecule has 0 aliphatic heterocycles. The molecular weight excluding hydrogens is 314 g/mol. The normalized spacial score (nSPS) is 10.2. The topological polar surface area (TPSA) is 64.1 Å². The first kappa shape index (κ1) is 16.6. The molecule has 1 heterocycles. The monoisotopic (exact) mass is 333 g/mol. The lowest BCUT2D eigenvalue weighted by molar-refractivity contribution is -0.116. The van der Waals surface area contributed by atoms with E-state index in [1.807, 2.05) is 60.7 Å². The molecular formula is C20H19N3O2. The third-order valence-corrected chi connectivity index (χ3v) is 3.53. The van der Waals surface area contributed by atoms with E-state index in [9.17, 15) is 4.79 Å². The quantitative estimate of drug-likeness (QED) is 0.665. The Balaban J connectivity index is 1.43. The Morgan fingerprint density at radius 1 is 0.920 bits per heavy atom. The summed E-state index contributed by atoms with van der Waals surface area (Å²) in [5.74, 6) is 1.37. The predicted molar refractivity (Wildman–Crippen MR) is 97.3 cm³/mol. The molecule has 126 valence electrons. The molecule has 1 aromatic heterocycles. The third-order valence-electron chi connectivity index (χ3n) is 3.53. The fraction of sp³-hybridized carbons (Fsp3) is 0.150. The molecule has 5 heteroatoms. The molecule has 0 saturated heterocycles. The molecule has 25 heavy (non-hydrogen) atoms. The number of ether oxygens (including phenoxy) is 1. The first-order chi connectivity index (χ1) is 12.3. The van der Waals surface area contributed by atoms with Crippen LogP contribution >= 0.6 is 0 Å². The summed E-state index contributed by atoms with van der Waals surface area (Å²) in [6.45, 7) is 0.501. The predicted octanol–water partition coefficient (Wildman–Crippen LogP) is 3.94. The van der Waals surface area contributed by atoms with E-state index in [0.29, 0.717) is 31.0 Å². The van der Waals surface area contributed by atoms with E-state index < -0.39 is 0 Å². The lowest BCUT2D eigenvalue weighted by atomic mass is 10.2. The van der Waals surface area contributed by atoms with Gasteiger partial charge in [0.1, 0.15) is 5.75 Å². The summed E-state index contributed by atoms with van der Waals surface area (Å²) >= 11 is 0. The number of amides is 1. The van der Waals surface area contributed by atoms with Crippen molar-refractivity contribution in [3.05, 3.63) is 73.1 Å². The van der Waals surface area contributed by atoms with Crippen LogP contribution in [0.1, 0.15) is 12.8 Å². The van der Waals surface area contributed by atoms with E-state index in [1.54, 1.807) is 12.4 Å². The van der Waals surface area contributed by atoms with E-state index in [4.69, 9.17) is 4.74 Å². The van der Waals surface area contributed by atoms with Crippen molar-refractivity contribution in [3.63, 3.8) is 0 Å². The number of aromatic nitrogens is 2. The molecule has 0 atom stereocenters. The van der Waals surface area contributed by atoms with Crippen LogP contribution in [0.25, 0.3) is 11.4 Å². The van der Waals surface area contributed by atoms with Gasteiger partial charge in [0.05, 0.1) is 24.7 Å². The van der Waals surface area contributed by atoms with Crippen molar-refractivity contribution in [2.24, 2.45) is 0 Å². The molecule has 0 saturated carbocycles. The first-order valence-corrected chi connectivity index (χ1v) is 8.16. The van der Waals surface area contributed by atoms with Crippen molar-refractivity contribution >= 4 is 11.6 Å². The van der Waals surface area contributed by atoms with Gasteiger partial charge in [-0.15, -0.1) is 0 Å². The van der Waals surface area contributed by atoms with Gasteiger partial charge in [0.15, 0.2) is 5.82 Å². The second-order valence-corrected chi connectivity index (χ2v) is 5.47. The Morgan fingerprint density at radius 3 is 2.24 bits per heavy atom. The standard InChI is InChI=1S/C20H19N3O2/c24-19(12-7-13-25-18-10-5-2-6-11-18)23-17-14-21-20(22-15-17)16-8-3-1-4-9-16/h1-6,8-11,14-15H,7,12-13H2,(H,23,24). The molecule has 5 nitrogen and oxygen atoms in total. The summed E-state index contributed by atoms with van der Waals surface area (Å²) in [4.78, 5) is 20.5. The second-order valence-electron chi connectivity index (χ2n) is 5.47. The molecule has 2 aromatic carbocycles. The highest BCUT2D eigenvalue weighted by Gasteiger charge is 2.05. The van der Waals surface area contributed by atoms with Gasteiger partial charge in [-0.25, -0.2) is 9.97 Å². The molecule has 3 rings (SSSR count). The molecule has 0 aliphatic rings. The summed E-state index contributed by atoms with van der Waals surface area (Å²) in [5.41, 5.74) is 1.53. The fourth-order valence-electron chi connectivity index (χ4n) is 2.29. The number of anilines is 1. The maximum absolute atomic E-state index is 12.0. The van der Waals surface area contributed by atoms with Crippen LogP contribution in [-0.2, 0) is 4.79 Å². The zero-order valence-electron chi connectivity index (χ0n) is 13.8. The zero-order valence-corrected chi connectivity index (χ0v) is 13.8. The number of nitrogens with zero attached hydrogens (tertiary/aromatic N) is 2. The molecule has 0 unspecified atom stereocenters. The summed E-state index contributed by atoms with van der Waals surface area (Å²) in [6, 6.07) is 19.3. The van der Waals surface area contributed by atoms with Crippen molar-refractivity contribution in [1.82, 2.24) is 9.97 Å². The van der Waals surface area contributed by atoms with E-state index >= 15 is 0 Å². The van der Waals surface area contributed by atoms with Gasteiger partial charge in [-0.2, -0.15) is 0 Å². The van der Waals surface area contributed by atoms with Crippen molar-refractivity contribution in [1.29, 1.82) is 0 Å². The van der Waals surface area contributed by atoms with E-state index in [1.165, 1.54) is 0 Å². The smallest absolute Gasteiger partial charge is 0.224 e. The van der Waals surface area contributed by atoms with Crippen LogP contribution in [0.4, 0.5) is 5.69 Å². The summed E-state index contributed by atoms with van der Waals surface area (Å²) in [6.07, 6.45) is 4.26. The van der Waals surface area contributed by atoms with Crippen LogP contribution in [-0.4, -0.2) is 22.5 Å². The Kier molecular flexibility index (Phi) is 5.72. The van der Waals surface area contributed by atoms with Gasteiger partial charge in [0, 0.05) is 12.0 Å². The van der Waals surface area contributed by atoms with Gasteiger partial charge in [-0.1, -0.05) is 48.5 Å². The van der Waals surface area contributed by atoms with E-state index in [0.717, 1.165) is 11.3 Å². The molecule has 3 aromatic rings. The van der Waals surface area contributed by atoms with Gasteiger partial charge in [-0.05, 0) is 18.6 Å². The van der Waals surface area contributed by atoms with Gasteiger partial charge in [0.25, 0.3) is 0 Å². The zero-order chi connectivity index (χ0) is 17.3. The van der Waals surface area contributed by atoms with Crippen LogP contribution in [0.5, 0.6) is 5.75 Å². The third kappa shape index (κ3) is 5.14. The Labute approximate surface area is 146 Å². The summed E-state index contributed by atoms with van der Waals surface area (Å²) < 4.78 is 5.57. The number of hydrogen-bond acceptors (Lipinski definition) is 4. The van der Waals surface area contributed by atoms with Gasteiger partial charge >= 0.3 is 0 Å². The summed E-state index contributed by atoms with van der Waals surface area (Å²) in [5, 5.41) is 2.80. The van der Waals surface area contributed by atoms with E-state index in [2.05, 4.69) is 15.3 Å². The van der Waals surface area contributed by atoms with Crippen molar-refractivity contribution in [3.8, 4) is 17.1 Å². The maximum Gasteiger partial charge on any atom is 0.224 e. The second kappa shape index (κ2) is 8.59. The Bertz CT molecular complexity index is 790. The van der Waals surface area contributed by atoms with Crippen LogP contribution in [0.3, 0.4) is 0 Å². The minimum atomic E-state index is -0.0762. The largest absolute Gasteiger partial charge is 0.494 e. The van der Waals surface area contributed by atoms with Crippen molar-refractivity contribution < 1.29 is 9.53 Å². The number of benzene rings is 2. The Morgan fingerprint density at radius 2 is 1.56 bits per heavy atom. The SMILES string of the molecule is O=C(CCCOc1ccccc1)Nc1cnc(-c2ccccc2)nc1. The lowest BCUT2D eigenvalue weighted by Gasteiger charge is -2.07.